The fraction of sp³-hybridized carbons (Fsp3) is 0.913. The molecule has 0 radical (unpaired) electrons. The second kappa shape index (κ2) is 10.6. The molecular weight excluding hydrogens is 418 g/mol. The van der Waals surface area contributed by atoms with Gasteiger partial charge < -0.3 is 19.3 Å². The third kappa shape index (κ3) is 5.53. The van der Waals surface area contributed by atoms with Crippen LogP contribution in [0.2, 0.25) is 0 Å². The van der Waals surface area contributed by atoms with E-state index in [0.29, 0.717) is 25.4 Å². The molecule has 4 aliphatic rings. The van der Waals surface area contributed by atoms with Gasteiger partial charge in [0.25, 0.3) is 0 Å². The molecule has 0 aromatic rings. The minimum Gasteiger partial charge on any atom is -0.394 e. The monoisotopic (exact) mass is 457 g/mol. The smallest absolute Gasteiger partial charge is 0.215 e. The number of hydrogen-bond donors (Lipinski definition) is 2. The van der Waals surface area contributed by atoms with Crippen molar-refractivity contribution >= 4 is 10.0 Å². The molecule has 0 spiro atoms. The highest BCUT2D eigenvalue weighted by Crippen LogP contribution is 2.37. The van der Waals surface area contributed by atoms with Gasteiger partial charge in [-0.25, -0.2) is 13.1 Å². The number of nitrogens with one attached hydrogen (secondary N) is 1. The molecule has 4 rings (SSSR count). The Hall–Kier alpha value is -0.510. The van der Waals surface area contributed by atoms with E-state index in [2.05, 4.69) is 11.3 Å². The zero-order valence-corrected chi connectivity index (χ0v) is 19.3. The fourth-order valence-corrected chi connectivity index (χ4v) is 7.69. The van der Waals surface area contributed by atoms with Gasteiger partial charge in [-0.1, -0.05) is 38.2 Å². The Morgan fingerprint density at radius 2 is 1.81 bits per heavy atom. The Kier molecular flexibility index (Phi) is 8.09. The van der Waals surface area contributed by atoms with Crippen molar-refractivity contribution in [3.05, 3.63) is 12.7 Å². The first-order chi connectivity index (χ1) is 15.0. The van der Waals surface area contributed by atoms with Crippen LogP contribution in [0.1, 0.15) is 64.2 Å². The summed E-state index contributed by atoms with van der Waals surface area (Å²) in [5.41, 5.74) is 0. The van der Waals surface area contributed by atoms with Crippen molar-refractivity contribution in [3.63, 3.8) is 0 Å². The summed E-state index contributed by atoms with van der Waals surface area (Å²) in [6.07, 6.45) is 10.9. The summed E-state index contributed by atoms with van der Waals surface area (Å²) in [5, 5.41) is 9.34. The number of ether oxygens (including phenoxy) is 3. The quantitative estimate of drug-likeness (QED) is 0.517. The molecule has 8 heteroatoms. The Morgan fingerprint density at radius 1 is 1.06 bits per heavy atom. The molecule has 2 N–H and O–H groups in total. The molecule has 2 aliphatic heterocycles. The Bertz CT molecular complexity index is 694. The van der Waals surface area contributed by atoms with Gasteiger partial charge in [0.1, 0.15) is 18.3 Å². The van der Waals surface area contributed by atoms with Crippen LogP contribution >= 0.6 is 0 Å². The molecule has 7 nitrogen and oxygen atoms in total. The minimum absolute atomic E-state index is 0.0151. The van der Waals surface area contributed by atoms with Gasteiger partial charge in [0.05, 0.1) is 30.7 Å². The molecule has 178 valence electrons. The first-order valence-corrected chi connectivity index (χ1v) is 13.7. The van der Waals surface area contributed by atoms with Crippen LogP contribution in [0.5, 0.6) is 0 Å². The minimum atomic E-state index is -3.42. The van der Waals surface area contributed by atoms with Crippen molar-refractivity contribution in [2.75, 3.05) is 19.8 Å². The second-order valence-corrected chi connectivity index (χ2v) is 11.8. The maximum atomic E-state index is 12.9. The van der Waals surface area contributed by atoms with Gasteiger partial charge in [-0.2, -0.15) is 0 Å². The van der Waals surface area contributed by atoms with E-state index in [9.17, 15) is 13.5 Å². The van der Waals surface area contributed by atoms with E-state index < -0.39 is 15.3 Å². The van der Waals surface area contributed by atoms with Crippen LogP contribution in [0.25, 0.3) is 0 Å². The van der Waals surface area contributed by atoms with E-state index in [0.717, 1.165) is 19.3 Å². The molecule has 4 fully saturated rings. The lowest BCUT2D eigenvalue weighted by Gasteiger charge is -2.30. The highest BCUT2D eigenvalue weighted by Gasteiger charge is 2.51. The largest absolute Gasteiger partial charge is 0.394 e. The Labute approximate surface area is 187 Å². The predicted octanol–water partition coefficient (Wildman–Crippen LogP) is 2.53. The molecular formula is C23H39NO6S. The number of hydrogen-bond acceptors (Lipinski definition) is 6. The molecule has 2 saturated carbocycles. The van der Waals surface area contributed by atoms with Crippen LogP contribution in [-0.2, 0) is 24.2 Å². The van der Waals surface area contributed by atoms with Gasteiger partial charge in [-0.3, -0.25) is 0 Å². The molecule has 7 atom stereocenters. The predicted molar refractivity (Wildman–Crippen MR) is 118 cm³/mol. The van der Waals surface area contributed by atoms with Gasteiger partial charge in [0.2, 0.25) is 10.0 Å². The summed E-state index contributed by atoms with van der Waals surface area (Å²) in [7, 11) is -3.42. The molecule has 0 bridgehead atoms. The summed E-state index contributed by atoms with van der Waals surface area (Å²) in [4.78, 5) is 0. The average molecular weight is 458 g/mol. The van der Waals surface area contributed by atoms with Crippen molar-refractivity contribution in [3.8, 4) is 0 Å². The first-order valence-electron chi connectivity index (χ1n) is 12.2. The summed E-state index contributed by atoms with van der Waals surface area (Å²) in [6.45, 7) is 4.67. The zero-order valence-electron chi connectivity index (χ0n) is 18.5. The fourth-order valence-electron chi connectivity index (χ4n) is 5.87. The molecule has 0 amide bonds. The summed E-state index contributed by atoms with van der Waals surface area (Å²) < 4.78 is 47.0. The van der Waals surface area contributed by atoms with Gasteiger partial charge in [0.15, 0.2) is 0 Å². The lowest BCUT2D eigenvalue weighted by Crippen LogP contribution is -2.43. The van der Waals surface area contributed by atoms with Crippen molar-refractivity contribution in [1.29, 1.82) is 0 Å². The van der Waals surface area contributed by atoms with E-state index in [-0.39, 0.29) is 49.6 Å². The SMILES string of the molecule is C=CC1CCCCC1S(=O)(=O)NC[C@H]1C[C@@H]2O[C@H](CO)[C@@H](OCC3CCCCC3)[C@@H]2O1. The third-order valence-corrected chi connectivity index (χ3v) is 9.60. The molecule has 31 heavy (non-hydrogen) atoms. The van der Waals surface area contributed by atoms with E-state index in [4.69, 9.17) is 14.2 Å². The maximum absolute atomic E-state index is 12.9. The van der Waals surface area contributed by atoms with E-state index >= 15 is 0 Å². The number of aliphatic hydroxyl groups is 1. The molecule has 0 aromatic heterocycles. The van der Waals surface area contributed by atoms with E-state index in [1.54, 1.807) is 6.08 Å². The van der Waals surface area contributed by atoms with Gasteiger partial charge >= 0.3 is 0 Å². The molecule has 0 aromatic carbocycles. The molecule has 2 heterocycles. The normalized spacial score (nSPS) is 39.5. The van der Waals surface area contributed by atoms with Crippen LogP contribution in [0.15, 0.2) is 12.7 Å². The number of sulfonamides is 1. The standard InChI is InChI=1S/C23H39NO6S/c1-2-17-10-6-7-11-21(17)31(26,27)24-13-18-12-19-23(29-18)22(20(14-25)30-19)28-15-16-8-4-3-5-9-16/h2,16-25H,1,3-15H2/t17?,18-,19+,20-,21?,22-,23-/m1/s1. The lowest BCUT2D eigenvalue weighted by atomic mass is 9.89. The highest BCUT2D eigenvalue weighted by atomic mass is 32.2. The van der Waals surface area contributed by atoms with Crippen LogP contribution in [0.4, 0.5) is 0 Å². The number of rotatable bonds is 9. The van der Waals surface area contributed by atoms with E-state index in [1.807, 2.05) is 0 Å². The number of fused-ring (bicyclic) bond motifs is 1. The van der Waals surface area contributed by atoms with Gasteiger partial charge in [-0.15, -0.1) is 6.58 Å². The third-order valence-electron chi connectivity index (χ3n) is 7.65. The van der Waals surface area contributed by atoms with Crippen molar-refractivity contribution in [1.82, 2.24) is 4.72 Å². The van der Waals surface area contributed by atoms with Crippen LogP contribution in [0.3, 0.4) is 0 Å². The maximum Gasteiger partial charge on any atom is 0.215 e. The highest BCUT2D eigenvalue weighted by molar-refractivity contribution is 7.90. The van der Waals surface area contributed by atoms with Crippen LogP contribution < -0.4 is 4.72 Å². The Morgan fingerprint density at radius 3 is 2.55 bits per heavy atom. The van der Waals surface area contributed by atoms with E-state index in [1.165, 1.54) is 32.1 Å². The molecule has 2 aliphatic carbocycles. The first kappa shape index (κ1) is 23.6. The number of aliphatic hydroxyl groups excluding tert-OH is 1. The summed E-state index contributed by atoms with van der Waals surface area (Å²) in [5.74, 6) is 0.589. The summed E-state index contributed by atoms with van der Waals surface area (Å²) in [6, 6.07) is 0. The molecule has 2 saturated heterocycles. The molecule has 2 unspecified atom stereocenters. The van der Waals surface area contributed by atoms with Crippen molar-refractivity contribution < 1.29 is 27.7 Å². The summed E-state index contributed by atoms with van der Waals surface area (Å²) >= 11 is 0. The van der Waals surface area contributed by atoms with Crippen molar-refractivity contribution in [2.45, 2.75) is 100.0 Å². The van der Waals surface area contributed by atoms with Crippen LogP contribution in [0, 0.1) is 11.8 Å². The Balaban J connectivity index is 1.30. The van der Waals surface area contributed by atoms with Crippen molar-refractivity contribution in [2.24, 2.45) is 11.8 Å². The lowest BCUT2D eigenvalue weighted by molar-refractivity contribution is -0.0943. The number of allylic oxidation sites excluding steroid dienone is 1. The van der Waals surface area contributed by atoms with Gasteiger partial charge in [-0.05, 0) is 37.5 Å². The topological polar surface area (TPSA) is 94.1 Å². The van der Waals surface area contributed by atoms with Crippen LogP contribution in [-0.4, -0.2) is 69.1 Å². The van der Waals surface area contributed by atoms with Gasteiger partial charge in [0, 0.05) is 13.0 Å². The second-order valence-electron chi connectivity index (χ2n) is 9.77. The zero-order chi connectivity index (χ0) is 21.8. The average Bonchev–Trinajstić information content (AvgIpc) is 3.34.